The molecule has 0 radical (unpaired) electrons. The van der Waals surface area contributed by atoms with Crippen LogP contribution in [-0.2, 0) is 14.3 Å². The van der Waals surface area contributed by atoms with Crippen LogP contribution >= 0.6 is 11.3 Å². The molecule has 1 aromatic heterocycles. The molecule has 3 rings (SSSR count). The first-order valence-electron chi connectivity index (χ1n) is 9.08. The molecule has 0 fully saturated rings. The van der Waals surface area contributed by atoms with Gasteiger partial charge < -0.3 is 14.8 Å². The zero-order valence-corrected chi connectivity index (χ0v) is 17.5. The van der Waals surface area contributed by atoms with Crippen molar-refractivity contribution < 1.29 is 23.9 Å². The number of methoxy groups -OCH3 is 1. The first-order chi connectivity index (χ1) is 14.4. The van der Waals surface area contributed by atoms with Crippen LogP contribution in [0, 0.1) is 13.8 Å². The first kappa shape index (κ1) is 21.2. The molecule has 7 nitrogen and oxygen atoms in total. The predicted octanol–water partition coefficient (Wildman–Crippen LogP) is 4.01. The SMILES string of the molecule is COC(=O)c1ccc(C)c(NC(=O)COC(=O)c2sc(-c3ccccc3)nc2C)c1. The number of benzene rings is 2. The highest BCUT2D eigenvalue weighted by Crippen LogP contribution is 2.28. The van der Waals surface area contributed by atoms with E-state index in [-0.39, 0.29) is 0 Å². The van der Waals surface area contributed by atoms with Crippen molar-refractivity contribution in [3.63, 3.8) is 0 Å². The summed E-state index contributed by atoms with van der Waals surface area (Å²) in [5, 5.41) is 3.35. The van der Waals surface area contributed by atoms with Crippen LogP contribution in [0.5, 0.6) is 0 Å². The van der Waals surface area contributed by atoms with Crippen LogP contribution in [0.2, 0.25) is 0 Å². The van der Waals surface area contributed by atoms with Gasteiger partial charge in [-0.05, 0) is 31.5 Å². The molecule has 2 aromatic carbocycles. The highest BCUT2D eigenvalue weighted by molar-refractivity contribution is 7.17. The second-order valence-electron chi connectivity index (χ2n) is 6.45. The van der Waals surface area contributed by atoms with Gasteiger partial charge >= 0.3 is 11.9 Å². The molecule has 154 valence electrons. The summed E-state index contributed by atoms with van der Waals surface area (Å²) in [5.41, 5.74) is 2.96. The third-order valence-corrected chi connectivity index (χ3v) is 5.46. The molecule has 1 amide bonds. The van der Waals surface area contributed by atoms with Crippen LogP contribution in [0.1, 0.15) is 31.3 Å². The summed E-state index contributed by atoms with van der Waals surface area (Å²) in [6.07, 6.45) is 0. The van der Waals surface area contributed by atoms with Crippen LogP contribution in [0.15, 0.2) is 48.5 Å². The number of thiazole rings is 1. The lowest BCUT2D eigenvalue weighted by Gasteiger charge is -2.10. The van der Waals surface area contributed by atoms with Crippen molar-refractivity contribution in [2.75, 3.05) is 19.0 Å². The van der Waals surface area contributed by atoms with Gasteiger partial charge in [-0.1, -0.05) is 36.4 Å². The number of carbonyl (C=O) groups excluding carboxylic acids is 3. The average Bonchev–Trinajstić information content (AvgIpc) is 3.15. The summed E-state index contributed by atoms with van der Waals surface area (Å²) in [5.74, 6) is -1.63. The van der Waals surface area contributed by atoms with Gasteiger partial charge in [-0.25, -0.2) is 14.6 Å². The summed E-state index contributed by atoms with van der Waals surface area (Å²) in [7, 11) is 1.28. The van der Waals surface area contributed by atoms with E-state index in [0.29, 0.717) is 26.8 Å². The molecule has 0 bridgehead atoms. The van der Waals surface area contributed by atoms with E-state index >= 15 is 0 Å². The third kappa shape index (κ3) is 4.90. The van der Waals surface area contributed by atoms with E-state index in [1.165, 1.54) is 24.5 Å². The molecule has 0 saturated heterocycles. The number of aryl methyl sites for hydroxylation is 2. The fourth-order valence-corrected chi connectivity index (χ4v) is 3.64. The summed E-state index contributed by atoms with van der Waals surface area (Å²) in [6, 6.07) is 14.3. The Bertz CT molecular complexity index is 1090. The minimum absolute atomic E-state index is 0.309. The topological polar surface area (TPSA) is 94.6 Å². The first-order valence-corrected chi connectivity index (χ1v) is 9.89. The van der Waals surface area contributed by atoms with E-state index in [1.807, 2.05) is 30.3 Å². The Hall–Kier alpha value is -3.52. The molecule has 0 saturated carbocycles. The van der Waals surface area contributed by atoms with E-state index in [4.69, 9.17) is 4.74 Å². The van der Waals surface area contributed by atoms with Gasteiger partial charge in [0.1, 0.15) is 9.88 Å². The molecule has 0 spiro atoms. The van der Waals surface area contributed by atoms with Gasteiger partial charge in [0.15, 0.2) is 6.61 Å². The van der Waals surface area contributed by atoms with Crippen LogP contribution in [0.4, 0.5) is 5.69 Å². The number of nitrogens with zero attached hydrogens (tertiary/aromatic N) is 1. The van der Waals surface area contributed by atoms with Crippen molar-refractivity contribution in [1.29, 1.82) is 0 Å². The number of aromatic nitrogens is 1. The van der Waals surface area contributed by atoms with Gasteiger partial charge in [-0.2, -0.15) is 0 Å². The third-order valence-electron chi connectivity index (χ3n) is 4.27. The average molecular weight is 424 g/mol. The van der Waals surface area contributed by atoms with Crippen LogP contribution < -0.4 is 5.32 Å². The molecule has 0 unspecified atom stereocenters. The molecule has 0 aliphatic rings. The number of hydrogen-bond donors (Lipinski definition) is 1. The number of nitrogens with one attached hydrogen (secondary N) is 1. The second-order valence-corrected chi connectivity index (χ2v) is 7.44. The normalized spacial score (nSPS) is 10.4. The Kier molecular flexibility index (Phi) is 6.58. The maximum atomic E-state index is 12.4. The van der Waals surface area contributed by atoms with Crippen molar-refractivity contribution in [1.82, 2.24) is 4.98 Å². The molecule has 1 N–H and O–H groups in total. The lowest BCUT2D eigenvalue weighted by Crippen LogP contribution is -2.21. The molecular formula is C22H20N2O5S. The van der Waals surface area contributed by atoms with Crippen molar-refractivity contribution in [3.05, 3.63) is 70.2 Å². The predicted molar refractivity (Wildman–Crippen MR) is 114 cm³/mol. The van der Waals surface area contributed by atoms with Crippen molar-refractivity contribution >= 4 is 34.9 Å². The smallest absolute Gasteiger partial charge is 0.350 e. The van der Waals surface area contributed by atoms with Crippen molar-refractivity contribution in [3.8, 4) is 10.6 Å². The van der Waals surface area contributed by atoms with Gasteiger partial charge in [-0.15, -0.1) is 11.3 Å². The summed E-state index contributed by atoms with van der Waals surface area (Å²) in [4.78, 5) is 41.1. The molecule has 0 atom stereocenters. The molecule has 3 aromatic rings. The van der Waals surface area contributed by atoms with Crippen molar-refractivity contribution in [2.45, 2.75) is 13.8 Å². The lowest BCUT2D eigenvalue weighted by molar-refractivity contribution is -0.119. The van der Waals surface area contributed by atoms with Gasteiger partial charge in [0.2, 0.25) is 0 Å². The number of carbonyl (C=O) groups is 3. The highest BCUT2D eigenvalue weighted by Gasteiger charge is 2.19. The monoisotopic (exact) mass is 424 g/mol. The van der Waals surface area contributed by atoms with Crippen LogP contribution in [-0.4, -0.2) is 36.5 Å². The van der Waals surface area contributed by atoms with E-state index in [9.17, 15) is 14.4 Å². The van der Waals surface area contributed by atoms with Crippen molar-refractivity contribution in [2.24, 2.45) is 0 Å². The van der Waals surface area contributed by atoms with Crippen LogP contribution in [0.25, 0.3) is 10.6 Å². The zero-order chi connectivity index (χ0) is 21.7. The number of amides is 1. The number of anilines is 1. The minimum Gasteiger partial charge on any atom is -0.465 e. The minimum atomic E-state index is -0.609. The lowest BCUT2D eigenvalue weighted by atomic mass is 10.1. The van der Waals surface area contributed by atoms with Crippen LogP contribution in [0.3, 0.4) is 0 Å². The Morgan fingerprint density at radius 3 is 2.47 bits per heavy atom. The standard InChI is InChI=1S/C22H20N2O5S/c1-13-9-10-16(21(26)28-3)11-17(13)24-18(25)12-29-22(27)19-14(2)23-20(30-19)15-7-5-4-6-8-15/h4-11H,12H2,1-3H3,(H,24,25). The fourth-order valence-electron chi connectivity index (χ4n) is 2.67. The molecule has 0 aliphatic heterocycles. The summed E-state index contributed by atoms with van der Waals surface area (Å²) in [6.45, 7) is 3.05. The number of ether oxygens (including phenoxy) is 2. The Labute approximate surface area is 177 Å². The zero-order valence-electron chi connectivity index (χ0n) is 16.7. The van der Waals surface area contributed by atoms with E-state index in [1.54, 1.807) is 26.0 Å². The van der Waals surface area contributed by atoms with E-state index < -0.39 is 24.5 Å². The van der Waals surface area contributed by atoms with Gasteiger partial charge in [0.25, 0.3) is 5.91 Å². The Balaban J connectivity index is 1.64. The maximum Gasteiger partial charge on any atom is 0.350 e. The summed E-state index contributed by atoms with van der Waals surface area (Å²) < 4.78 is 9.84. The highest BCUT2D eigenvalue weighted by atomic mass is 32.1. The molecule has 1 heterocycles. The number of rotatable bonds is 6. The van der Waals surface area contributed by atoms with Gasteiger partial charge in [0, 0.05) is 11.3 Å². The number of hydrogen-bond acceptors (Lipinski definition) is 7. The number of esters is 2. The Morgan fingerprint density at radius 1 is 1.03 bits per heavy atom. The fraction of sp³-hybridized carbons (Fsp3) is 0.182. The van der Waals surface area contributed by atoms with Gasteiger partial charge in [-0.3, -0.25) is 4.79 Å². The van der Waals surface area contributed by atoms with E-state index in [0.717, 1.165) is 11.1 Å². The van der Waals surface area contributed by atoms with Gasteiger partial charge in [0.05, 0.1) is 18.4 Å². The molecular weight excluding hydrogens is 404 g/mol. The summed E-state index contributed by atoms with van der Waals surface area (Å²) >= 11 is 1.22. The Morgan fingerprint density at radius 2 is 1.77 bits per heavy atom. The molecule has 8 heteroatoms. The second kappa shape index (κ2) is 9.32. The molecule has 30 heavy (non-hydrogen) atoms. The largest absolute Gasteiger partial charge is 0.465 e. The molecule has 0 aliphatic carbocycles. The maximum absolute atomic E-state index is 12.4. The van der Waals surface area contributed by atoms with E-state index in [2.05, 4.69) is 15.0 Å². The quantitative estimate of drug-likeness (QED) is 0.601.